The summed E-state index contributed by atoms with van der Waals surface area (Å²) in [4.78, 5) is 14.4. The minimum Gasteiger partial charge on any atom is -0.336 e. The Balaban J connectivity index is 2.42. The molecule has 0 atom stereocenters. The lowest BCUT2D eigenvalue weighted by molar-refractivity contribution is 0.0692. The summed E-state index contributed by atoms with van der Waals surface area (Å²) in [7, 11) is -3.91. The van der Waals surface area contributed by atoms with Gasteiger partial charge in [-0.3, -0.25) is 4.79 Å². The van der Waals surface area contributed by atoms with Gasteiger partial charge >= 0.3 is 0 Å². The summed E-state index contributed by atoms with van der Waals surface area (Å²) in [5.74, 6) is 0.281. The van der Waals surface area contributed by atoms with E-state index in [1.165, 1.54) is 6.07 Å². The molecule has 1 aliphatic rings. The summed E-state index contributed by atoms with van der Waals surface area (Å²) >= 11 is 0. The van der Waals surface area contributed by atoms with Crippen molar-refractivity contribution in [3.05, 3.63) is 29.3 Å². The molecule has 1 fully saturated rings. The smallest absolute Gasteiger partial charge is 0.255 e. The highest BCUT2D eigenvalue weighted by molar-refractivity contribution is 7.89. The van der Waals surface area contributed by atoms with Crippen molar-refractivity contribution < 1.29 is 13.2 Å². The lowest BCUT2D eigenvalue weighted by atomic mass is 10.1. The summed E-state index contributed by atoms with van der Waals surface area (Å²) in [5.41, 5.74) is 1.01. The molecule has 1 saturated carbocycles. The SMILES string of the molecule is Cc1ccc(S(N)(=O)=O)c(C(=O)N(CC2CC2)C(C)C)c1. The molecule has 21 heavy (non-hydrogen) atoms. The third kappa shape index (κ3) is 3.83. The van der Waals surface area contributed by atoms with Crippen LogP contribution in [0.1, 0.15) is 42.6 Å². The van der Waals surface area contributed by atoms with Crippen LogP contribution in [0.3, 0.4) is 0 Å². The van der Waals surface area contributed by atoms with E-state index in [0.717, 1.165) is 18.4 Å². The normalized spacial score (nSPS) is 15.3. The molecule has 0 saturated heterocycles. The first-order valence-corrected chi connectivity index (χ1v) is 8.69. The highest BCUT2D eigenvalue weighted by Crippen LogP contribution is 2.31. The van der Waals surface area contributed by atoms with Gasteiger partial charge in [-0.1, -0.05) is 11.6 Å². The lowest BCUT2D eigenvalue weighted by Gasteiger charge is -2.27. The van der Waals surface area contributed by atoms with Gasteiger partial charge < -0.3 is 4.90 Å². The van der Waals surface area contributed by atoms with Crippen molar-refractivity contribution in [1.29, 1.82) is 0 Å². The van der Waals surface area contributed by atoms with Gasteiger partial charge in [-0.25, -0.2) is 13.6 Å². The molecule has 0 unspecified atom stereocenters. The molecule has 1 aromatic carbocycles. The van der Waals surface area contributed by atoms with Crippen LogP contribution >= 0.6 is 0 Å². The van der Waals surface area contributed by atoms with E-state index in [-0.39, 0.29) is 22.4 Å². The monoisotopic (exact) mass is 310 g/mol. The zero-order valence-electron chi connectivity index (χ0n) is 12.7. The fraction of sp³-hybridized carbons (Fsp3) is 0.533. The average Bonchev–Trinajstić information content (AvgIpc) is 3.17. The number of nitrogens with zero attached hydrogens (tertiary/aromatic N) is 1. The molecule has 1 aromatic rings. The molecule has 0 bridgehead atoms. The van der Waals surface area contributed by atoms with Gasteiger partial charge in [-0.15, -0.1) is 0 Å². The summed E-state index contributed by atoms with van der Waals surface area (Å²) in [6.07, 6.45) is 2.26. The standard InChI is InChI=1S/C15H22N2O3S/c1-10(2)17(9-12-5-6-12)15(18)13-8-11(3)4-7-14(13)21(16,19)20/h4,7-8,10,12H,5-6,9H2,1-3H3,(H2,16,19,20). The number of hydrogen-bond donors (Lipinski definition) is 1. The van der Waals surface area contributed by atoms with Gasteiger partial charge in [0.1, 0.15) is 0 Å². The van der Waals surface area contributed by atoms with E-state index in [9.17, 15) is 13.2 Å². The Hall–Kier alpha value is -1.40. The van der Waals surface area contributed by atoms with E-state index in [4.69, 9.17) is 5.14 Å². The number of carbonyl (C=O) groups is 1. The topological polar surface area (TPSA) is 80.5 Å². The molecule has 5 nitrogen and oxygen atoms in total. The maximum Gasteiger partial charge on any atom is 0.255 e. The minimum atomic E-state index is -3.91. The third-order valence-corrected chi connectivity index (χ3v) is 4.68. The number of primary sulfonamides is 1. The minimum absolute atomic E-state index is 0.0203. The van der Waals surface area contributed by atoms with Crippen LogP contribution in [0.25, 0.3) is 0 Å². The Labute approximate surface area is 126 Å². The van der Waals surface area contributed by atoms with Crippen LogP contribution in [0.15, 0.2) is 23.1 Å². The van der Waals surface area contributed by atoms with Gasteiger partial charge in [0.25, 0.3) is 5.91 Å². The van der Waals surface area contributed by atoms with Crippen molar-refractivity contribution in [3.63, 3.8) is 0 Å². The third-order valence-electron chi connectivity index (χ3n) is 3.71. The van der Waals surface area contributed by atoms with Crippen molar-refractivity contribution >= 4 is 15.9 Å². The Morgan fingerprint density at radius 1 is 1.38 bits per heavy atom. The molecule has 0 aromatic heterocycles. The number of benzene rings is 1. The van der Waals surface area contributed by atoms with Crippen molar-refractivity contribution in [3.8, 4) is 0 Å². The molecule has 6 heteroatoms. The number of amides is 1. The van der Waals surface area contributed by atoms with Crippen LogP contribution in [0.4, 0.5) is 0 Å². The van der Waals surface area contributed by atoms with E-state index in [1.807, 2.05) is 20.8 Å². The number of aryl methyl sites for hydroxylation is 1. The quantitative estimate of drug-likeness (QED) is 0.902. The van der Waals surface area contributed by atoms with Crippen LogP contribution in [0.5, 0.6) is 0 Å². The second kappa shape index (κ2) is 5.77. The Morgan fingerprint density at radius 2 is 2.00 bits per heavy atom. The Kier molecular flexibility index (Phi) is 4.39. The van der Waals surface area contributed by atoms with E-state index in [2.05, 4.69) is 0 Å². The number of sulfonamides is 1. The molecule has 116 valence electrons. The number of carbonyl (C=O) groups excluding carboxylic acids is 1. The summed E-state index contributed by atoms with van der Waals surface area (Å²) in [6, 6.07) is 4.68. The number of rotatable bonds is 5. The molecule has 0 spiro atoms. The van der Waals surface area contributed by atoms with Gasteiger partial charge in [-0.2, -0.15) is 0 Å². The van der Waals surface area contributed by atoms with E-state index < -0.39 is 10.0 Å². The fourth-order valence-corrected chi connectivity index (χ4v) is 3.03. The zero-order valence-corrected chi connectivity index (χ0v) is 13.5. The molecule has 2 rings (SSSR count). The van der Waals surface area contributed by atoms with Crippen molar-refractivity contribution in [2.45, 2.75) is 44.6 Å². The van der Waals surface area contributed by atoms with Crippen molar-refractivity contribution in [2.75, 3.05) is 6.54 Å². The maximum atomic E-state index is 12.8. The Morgan fingerprint density at radius 3 is 2.48 bits per heavy atom. The van der Waals surface area contributed by atoms with Crippen molar-refractivity contribution in [2.24, 2.45) is 11.1 Å². The largest absolute Gasteiger partial charge is 0.336 e. The molecule has 0 heterocycles. The van der Waals surface area contributed by atoms with Crippen LogP contribution in [-0.4, -0.2) is 31.8 Å². The number of nitrogens with two attached hydrogens (primary N) is 1. The second-order valence-electron chi connectivity index (χ2n) is 6.04. The van der Waals surface area contributed by atoms with E-state index in [1.54, 1.807) is 17.0 Å². The van der Waals surface area contributed by atoms with Gasteiger partial charge in [-0.05, 0) is 51.7 Å². The number of hydrogen-bond acceptors (Lipinski definition) is 3. The predicted molar refractivity (Wildman–Crippen MR) is 81.4 cm³/mol. The predicted octanol–water partition coefficient (Wildman–Crippen LogP) is 1.90. The summed E-state index contributed by atoms with van der Waals surface area (Å²) in [5, 5.41) is 5.24. The average molecular weight is 310 g/mol. The fourth-order valence-electron chi connectivity index (χ4n) is 2.32. The molecule has 1 amide bonds. The van der Waals surface area contributed by atoms with Gasteiger partial charge in [0.05, 0.1) is 10.5 Å². The molecule has 2 N–H and O–H groups in total. The first-order chi connectivity index (χ1) is 9.70. The summed E-state index contributed by atoms with van der Waals surface area (Å²) < 4.78 is 23.4. The van der Waals surface area contributed by atoms with E-state index in [0.29, 0.717) is 12.5 Å². The molecular weight excluding hydrogens is 288 g/mol. The maximum absolute atomic E-state index is 12.8. The van der Waals surface area contributed by atoms with Crippen LogP contribution in [-0.2, 0) is 10.0 Å². The first-order valence-electron chi connectivity index (χ1n) is 7.14. The van der Waals surface area contributed by atoms with Crippen LogP contribution in [0.2, 0.25) is 0 Å². The summed E-state index contributed by atoms with van der Waals surface area (Å²) in [6.45, 7) is 6.37. The molecule has 0 aliphatic heterocycles. The van der Waals surface area contributed by atoms with Crippen LogP contribution in [0, 0.1) is 12.8 Å². The molecular formula is C15H22N2O3S. The lowest BCUT2D eigenvalue weighted by Crippen LogP contribution is -2.39. The second-order valence-corrected chi connectivity index (χ2v) is 7.57. The van der Waals surface area contributed by atoms with Gasteiger partial charge in [0.15, 0.2) is 0 Å². The first kappa shape index (κ1) is 16.0. The van der Waals surface area contributed by atoms with Crippen molar-refractivity contribution in [1.82, 2.24) is 4.90 Å². The Bertz CT molecular complexity index is 649. The van der Waals surface area contributed by atoms with E-state index >= 15 is 0 Å². The van der Waals surface area contributed by atoms with Crippen LogP contribution < -0.4 is 5.14 Å². The highest BCUT2D eigenvalue weighted by Gasteiger charge is 2.30. The molecule has 0 radical (unpaired) electrons. The zero-order chi connectivity index (χ0) is 15.8. The molecule has 1 aliphatic carbocycles. The van der Waals surface area contributed by atoms with Gasteiger partial charge in [0, 0.05) is 12.6 Å². The highest BCUT2D eigenvalue weighted by atomic mass is 32.2. The van der Waals surface area contributed by atoms with Gasteiger partial charge in [0.2, 0.25) is 10.0 Å².